The number of nitriles is 1. The SMILES string of the molecule is CCOC(=O)c1ccc(C#N)c(SC)c1. The summed E-state index contributed by atoms with van der Waals surface area (Å²) in [5.41, 5.74) is 1.07. The van der Waals surface area contributed by atoms with E-state index in [4.69, 9.17) is 10.00 Å². The van der Waals surface area contributed by atoms with Crippen molar-refractivity contribution in [3.8, 4) is 6.07 Å². The number of carbonyl (C=O) groups is 1. The van der Waals surface area contributed by atoms with Crippen LogP contribution in [-0.2, 0) is 4.74 Å². The molecule has 15 heavy (non-hydrogen) atoms. The molecule has 1 aromatic carbocycles. The molecule has 3 nitrogen and oxygen atoms in total. The number of nitrogens with zero attached hydrogens (tertiary/aromatic N) is 1. The quantitative estimate of drug-likeness (QED) is 0.581. The van der Waals surface area contributed by atoms with E-state index in [1.54, 1.807) is 25.1 Å². The summed E-state index contributed by atoms with van der Waals surface area (Å²) in [5, 5.41) is 8.80. The second-order valence-electron chi connectivity index (χ2n) is 2.75. The lowest BCUT2D eigenvalue weighted by Gasteiger charge is -2.04. The molecule has 78 valence electrons. The first-order valence-corrected chi connectivity index (χ1v) is 5.70. The first-order chi connectivity index (χ1) is 7.22. The second kappa shape index (κ2) is 5.42. The van der Waals surface area contributed by atoms with Crippen LogP contribution in [0.5, 0.6) is 0 Å². The molecule has 0 bridgehead atoms. The fourth-order valence-electron chi connectivity index (χ4n) is 1.12. The average molecular weight is 221 g/mol. The van der Waals surface area contributed by atoms with Crippen LogP contribution in [0.3, 0.4) is 0 Å². The molecular weight excluding hydrogens is 210 g/mol. The predicted octanol–water partition coefficient (Wildman–Crippen LogP) is 2.46. The molecule has 0 aliphatic carbocycles. The largest absolute Gasteiger partial charge is 0.462 e. The van der Waals surface area contributed by atoms with Crippen molar-refractivity contribution in [1.29, 1.82) is 5.26 Å². The monoisotopic (exact) mass is 221 g/mol. The molecule has 0 N–H and O–H groups in total. The number of thioether (sulfide) groups is 1. The van der Waals surface area contributed by atoms with Crippen LogP contribution in [0, 0.1) is 11.3 Å². The molecule has 1 aromatic rings. The normalized spacial score (nSPS) is 9.40. The minimum Gasteiger partial charge on any atom is -0.462 e. The summed E-state index contributed by atoms with van der Waals surface area (Å²) in [6.45, 7) is 2.12. The van der Waals surface area contributed by atoms with Gasteiger partial charge in [0.2, 0.25) is 0 Å². The number of hydrogen-bond donors (Lipinski definition) is 0. The summed E-state index contributed by atoms with van der Waals surface area (Å²) >= 11 is 1.44. The summed E-state index contributed by atoms with van der Waals surface area (Å²) in [6.07, 6.45) is 1.87. The van der Waals surface area contributed by atoms with Gasteiger partial charge in [0.15, 0.2) is 0 Å². The Kier molecular flexibility index (Phi) is 4.19. The first kappa shape index (κ1) is 11.6. The average Bonchev–Trinajstić information content (AvgIpc) is 2.28. The van der Waals surface area contributed by atoms with Gasteiger partial charge >= 0.3 is 5.97 Å². The van der Waals surface area contributed by atoms with Gasteiger partial charge in [-0.15, -0.1) is 11.8 Å². The van der Waals surface area contributed by atoms with E-state index in [0.29, 0.717) is 17.7 Å². The van der Waals surface area contributed by atoms with Crippen molar-refractivity contribution in [2.45, 2.75) is 11.8 Å². The number of benzene rings is 1. The maximum Gasteiger partial charge on any atom is 0.338 e. The van der Waals surface area contributed by atoms with Gasteiger partial charge in [-0.05, 0) is 31.4 Å². The van der Waals surface area contributed by atoms with Gasteiger partial charge < -0.3 is 4.74 Å². The molecule has 0 amide bonds. The maximum atomic E-state index is 11.4. The highest BCUT2D eigenvalue weighted by atomic mass is 32.2. The van der Waals surface area contributed by atoms with Crippen molar-refractivity contribution >= 4 is 17.7 Å². The van der Waals surface area contributed by atoms with Crippen molar-refractivity contribution < 1.29 is 9.53 Å². The van der Waals surface area contributed by atoms with Crippen molar-refractivity contribution in [2.24, 2.45) is 0 Å². The van der Waals surface area contributed by atoms with Crippen LogP contribution in [-0.4, -0.2) is 18.8 Å². The van der Waals surface area contributed by atoms with Crippen LogP contribution in [0.1, 0.15) is 22.8 Å². The Morgan fingerprint density at radius 3 is 2.87 bits per heavy atom. The van der Waals surface area contributed by atoms with E-state index in [0.717, 1.165) is 4.90 Å². The lowest BCUT2D eigenvalue weighted by molar-refractivity contribution is 0.0526. The zero-order valence-electron chi connectivity index (χ0n) is 8.61. The summed E-state index contributed by atoms with van der Waals surface area (Å²) in [4.78, 5) is 12.2. The van der Waals surface area contributed by atoms with Crippen LogP contribution >= 0.6 is 11.8 Å². The molecule has 1 rings (SSSR count). The summed E-state index contributed by atoms with van der Waals surface area (Å²) in [6, 6.07) is 7.00. The van der Waals surface area contributed by atoms with Crippen LogP contribution < -0.4 is 0 Å². The summed E-state index contributed by atoms with van der Waals surface area (Å²) in [5.74, 6) is -0.350. The van der Waals surface area contributed by atoms with Crippen molar-refractivity contribution in [3.05, 3.63) is 29.3 Å². The molecule has 0 unspecified atom stereocenters. The second-order valence-corrected chi connectivity index (χ2v) is 3.60. The minimum atomic E-state index is -0.350. The van der Waals surface area contributed by atoms with Crippen LogP contribution in [0.25, 0.3) is 0 Å². The van der Waals surface area contributed by atoms with Gasteiger partial charge in [-0.25, -0.2) is 4.79 Å². The molecule has 0 aliphatic heterocycles. The van der Waals surface area contributed by atoms with Crippen molar-refractivity contribution in [2.75, 3.05) is 12.9 Å². The van der Waals surface area contributed by atoms with Crippen molar-refractivity contribution in [3.63, 3.8) is 0 Å². The van der Waals surface area contributed by atoms with Gasteiger partial charge in [0.1, 0.15) is 6.07 Å². The molecule has 0 radical (unpaired) electrons. The Morgan fingerprint density at radius 1 is 1.60 bits per heavy atom. The highest BCUT2D eigenvalue weighted by Crippen LogP contribution is 2.21. The van der Waals surface area contributed by atoms with Crippen LogP contribution in [0.4, 0.5) is 0 Å². The number of rotatable bonds is 3. The van der Waals surface area contributed by atoms with Gasteiger partial charge in [0.25, 0.3) is 0 Å². The lowest BCUT2D eigenvalue weighted by Crippen LogP contribution is -2.04. The Bertz CT molecular complexity index is 410. The minimum absolute atomic E-state index is 0.350. The third-order valence-corrected chi connectivity index (χ3v) is 2.61. The molecule has 0 saturated carbocycles. The van der Waals surface area contributed by atoms with Gasteiger partial charge in [-0.1, -0.05) is 0 Å². The zero-order chi connectivity index (χ0) is 11.3. The van der Waals surface area contributed by atoms with Gasteiger partial charge in [0, 0.05) is 4.90 Å². The van der Waals surface area contributed by atoms with Crippen LogP contribution in [0.2, 0.25) is 0 Å². The van der Waals surface area contributed by atoms with Crippen LogP contribution in [0.15, 0.2) is 23.1 Å². The van der Waals surface area contributed by atoms with E-state index >= 15 is 0 Å². The fourth-order valence-corrected chi connectivity index (χ4v) is 1.70. The highest BCUT2D eigenvalue weighted by molar-refractivity contribution is 7.98. The highest BCUT2D eigenvalue weighted by Gasteiger charge is 2.09. The zero-order valence-corrected chi connectivity index (χ0v) is 9.43. The van der Waals surface area contributed by atoms with E-state index in [9.17, 15) is 4.79 Å². The topological polar surface area (TPSA) is 50.1 Å². The Hall–Kier alpha value is -1.47. The van der Waals surface area contributed by atoms with Gasteiger partial charge in [0.05, 0.1) is 17.7 Å². The first-order valence-electron chi connectivity index (χ1n) is 4.48. The Balaban J connectivity index is 3.04. The Morgan fingerprint density at radius 2 is 2.33 bits per heavy atom. The standard InChI is InChI=1S/C11H11NO2S/c1-3-14-11(13)8-4-5-9(7-12)10(6-8)15-2/h4-6H,3H2,1-2H3. The number of carbonyl (C=O) groups excluding carboxylic acids is 1. The van der Waals surface area contributed by atoms with Gasteiger partial charge in [-0.2, -0.15) is 5.26 Å². The van der Waals surface area contributed by atoms with Gasteiger partial charge in [-0.3, -0.25) is 0 Å². The molecule has 0 atom stereocenters. The molecule has 0 aliphatic rings. The predicted molar refractivity (Wildman–Crippen MR) is 58.9 cm³/mol. The number of ether oxygens (including phenoxy) is 1. The third-order valence-electron chi connectivity index (χ3n) is 1.83. The van der Waals surface area contributed by atoms with Crippen molar-refractivity contribution in [1.82, 2.24) is 0 Å². The van der Waals surface area contributed by atoms with E-state index in [2.05, 4.69) is 6.07 Å². The molecule has 0 aromatic heterocycles. The lowest BCUT2D eigenvalue weighted by atomic mass is 10.1. The Labute approximate surface area is 93.0 Å². The van der Waals surface area contributed by atoms with E-state index in [-0.39, 0.29) is 5.97 Å². The van der Waals surface area contributed by atoms with E-state index in [1.165, 1.54) is 11.8 Å². The molecule has 4 heteroatoms. The number of hydrogen-bond acceptors (Lipinski definition) is 4. The molecule has 0 spiro atoms. The molecule has 0 fully saturated rings. The fraction of sp³-hybridized carbons (Fsp3) is 0.273. The molecule has 0 saturated heterocycles. The smallest absolute Gasteiger partial charge is 0.338 e. The molecular formula is C11H11NO2S. The molecule has 0 heterocycles. The number of esters is 1. The summed E-state index contributed by atoms with van der Waals surface area (Å²) in [7, 11) is 0. The van der Waals surface area contributed by atoms with E-state index < -0.39 is 0 Å². The maximum absolute atomic E-state index is 11.4. The van der Waals surface area contributed by atoms with E-state index in [1.807, 2.05) is 6.26 Å². The third kappa shape index (κ3) is 2.74. The summed E-state index contributed by atoms with van der Waals surface area (Å²) < 4.78 is 4.87.